The molecule has 0 fully saturated rings. The third-order valence-electron chi connectivity index (χ3n) is 6.82. The Balaban J connectivity index is 1.93. The molecule has 2 unspecified atom stereocenters. The predicted octanol–water partition coefficient (Wildman–Crippen LogP) is 4.83. The van der Waals surface area contributed by atoms with Crippen LogP contribution in [0.3, 0.4) is 0 Å². The predicted molar refractivity (Wildman–Crippen MR) is 136 cm³/mol. The molecule has 0 aromatic heterocycles. The Morgan fingerprint density at radius 3 is 1.73 bits per heavy atom. The molecule has 1 aliphatic carbocycles. The normalized spacial score (nSPS) is 21.6. The molecule has 0 amide bonds. The van der Waals surface area contributed by atoms with E-state index in [4.69, 9.17) is 4.74 Å². The van der Waals surface area contributed by atoms with Gasteiger partial charge in [0.25, 0.3) is 0 Å². The second-order valence-electron chi connectivity index (χ2n) is 8.47. The molecule has 0 radical (unpaired) electrons. The molecule has 168 valence electrons. The molecule has 0 bridgehead atoms. The van der Waals surface area contributed by atoms with Gasteiger partial charge in [0.1, 0.15) is 0 Å². The van der Waals surface area contributed by atoms with E-state index in [2.05, 4.69) is 15.5 Å². The van der Waals surface area contributed by atoms with Gasteiger partial charge in [0.2, 0.25) is 0 Å². The summed E-state index contributed by atoms with van der Waals surface area (Å²) in [6.45, 7) is 0. The maximum absolute atomic E-state index is 13.2. The van der Waals surface area contributed by atoms with E-state index in [0.29, 0.717) is 30.4 Å². The number of carbonyl (C=O) groups is 1. The molecule has 3 aromatic carbocycles. The summed E-state index contributed by atoms with van der Waals surface area (Å²) in [5.74, 6) is -1.24. The second-order valence-corrected chi connectivity index (χ2v) is 17.1. The number of ether oxygens (including phenoxy) is 1. The molecule has 2 atom stereocenters. The Hall–Kier alpha value is -2.82. The molecule has 0 N–H and O–H groups in total. The molecular formula is C26H23BrNO4P. The van der Waals surface area contributed by atoms with Gasteiger partial charge in [-0.3, -0.25) is 0 Å². The average molecular weight is 524 g/mol. The van der Waals surface area contributed by atoms with Crippen LogP contribution in [0, 0.1) is 10.1 Å². The van der Waals surface area contributed by atoms with Crippen LogP contribution in [-0.4, -0.2) is 22.8 Å². The Morgan fingerprint density at radius 2 is 1.30 bits per heavy atom. The van der Waals surface area contributed by atoms with Gasteiger partial charge in [-0.05, 0) is 0 Å². The molecule has 0 spiro atoms. The van der Waals surface area contributed by atoms with Crippen molar-refractivity contribution >= 4 is 42.7 Å². The van der Waals surface area contributed by atoms with E-state index >= 15 is 0 Å². The number of esters is 1. The van der Waals surface area contributed by atoms with E-state index in [1.807, 2.05) is 91.0 Å². The van der Waals surface area contributed by atoms with Crippen molar-refractivity contribution in [2.75, 3.05) is 0 Å². The van der Waals surface area contributed by atoms with Gasteiger partial charge in [0.15, 0.2) is 0 Å². The van der Waals surface area contributed by atoms with Crippen LogP contribution in [0.1, 0.15) is 19.3 Å². The van der Waals surface area contributed by atoms with Crippen molar-refractivity contribution in [2.24, 2.45) is 0 Å². The van der Waals surface area contributed by atoms with Gasteiger partial charge in [-0.15, -0.1) is 0 Å². The summed E-state index contributed by atoms with van der Waals surface area (Å²) in [6.07, 6.45) is 1.51. The van der Waals surface area contributed by atoms with Crippen molar-refractivity contribution in [2.45, 2.75) is 31.1 Å². The number of carbonyl (C=O) groups excluding carboxylic acids is 1. The van der Waals surface area contributed by atoms with Crippen LogP contribution in [0.25, 0.3) is 0 Å². The molecule has 5 rings (SSSR count). The fourth-order valence-electron chi connectivity index (χ4n) is 5.33. The first kappa shape index (κ1) is 22.0. The number of hydrogen-bond acceptors (Lipinski definition) is 4. The Bertz CT molecular complexity index is 1150. The summed E-state index contributed by atoms with van der Waals surface area (Å²) in [6, 6.07) is 28.8. The zero-order valence-electron chi connectivity index (χ0n) is 17.8. The van der Waals surface area contributed by atoms with Gasteiger partial charge in [-0.2, -0.15) is 0 Å². The molecule has 7 heteroatoms. The fourth-order valence-corrected chi connectivity index (χ4v) is 13.5. The van der Waals surface area contributed by atoms with Gasteiger partial charge in [-0.25, -0.2) is 0 Å². The van der Waals surface area contributed by atoms with Gasteiger partial charge < -0.3 is 0 Å². The SMILES string of the molecule is O=C1OC(P(Br)(c2ccccc2)(c2ccccc2)c2ccccc2)C2=C1CCCC2[N+](=O)[O-]. The number of nitrogens with zero attached hydrogens (tertiary/aromatic N) is 1. The summed E-state index contributed by atoms with van der Waals surface area (Å²) >= 11 is 4.31. The number of nitro groups is 1. The molecule has 0 saturated heterocycles. The monoisotopic (exact) mass is 523 g/mol. The third kappa shape index (κ3) is 3.12. The van der Waals surface area contributed by atoms with Crippen LogP contribution < -0.4 is 15.9 Å². The molecule has 2 aliphatic rings. The van der Waals surface area contributed by atoms with E-state index in [1.54, 1.807) is 0 Å². The minimum absolute atomic E-state index is 0.251. The standard InChI is InChI=1S/C26H23BrNO4P/c27-33(19-11-4-1-5-12-19,20-13-6-2-7-14-20,21-15-8-3-9-16-21)26-24-22(25(29)32-26)17-10-18-23(24)28(30)31/h1-9,11-16,23,26H,10,17-18H2. The van der Waals surface area contributed by atoms with Crippen LogP contribution in [-0.2, 0) is 9.53 Å². The molecule has 33 heavy (non-hydrogen) atoms. The molecule has 1 heterocycles. The van der Waals surface area contributed by atoms with Crippen LogP contribution in [0.5, 0.6) is 0 Å². The van der Waals surface area contributed by atoms with Crippen molar-refractivity contribution in [1.29, 1.82) is 0 Å². The van der Waals surface area contributed by atoms with Gasteiger partial charge in [-0.1, -0.05) is 0 Å². The fraction of sp³-hybridized carbons (Fsp3) is 0.192. The zero-order chi connectivity index (χ0) is 23.1. The van der Waals surface area contributed by atoms with Crippen LogP contribution in [0.4, 0.5) is 0 Å². The first-order valence-corrected chi connectivity index (χ1v) is 15.3. The van der Waals surface area contributed by atoms with Gasteiger partial charge >= 0.3 is 201 Å². The van der Waals surface area contributed by atoms with Gasteiger partial charge in [0, 0.05) is 0 Å². The van der Waals surface area contributed by atoms with Gasteiger partial charge in [0.05, 0.1) is 0 Å². The van der Waals surface area contributed by atoms with E-state index in [-0.39, 0.29) is 4.92 Å². The van der Waals surface area contributed by atoms with Crippen molar-refractivity contribution in [3.63, 3.8) is 0 Å². The maximum atomic E-state index is 13.2. The second kappa shape index (κ2) is 8.19. The Kier molecular flexibility index (Phi) is 5.46. The van der Waals surface area contributed by atoms with Crippen molar-refractivity contribution in [3.05, 3.63) is 112 Å². The Labute approximate surface area is 200 Å². The van der Waals surface area contributed by atoms with Crippen LogP contribution >= 0.6 is 20.8 Å². The first-order chi connectivity index (χ1) is 16.0. The van der Waals surface area contributed by atoms with Crippen molar-refractivity contribution in [3.8, 4) is 0 Å². The summed E-state index contributed by atoms with van der Waals surface area (Å²) in [7, 11) is 0. The molecular weight excluding hydrogens is 501 g/mol. The Morgan fingerprint density at radius 1 is 0.848 bits per heavy atom. The molecule has 3 aromatic rings. The summed E-state index contributed by atoms with van der Waals surface area (Å²) < 4.78 is 6.21. The number of rotatable bonds is 5. The summed E-state index contributed by atoms with van der Waals surface area (Å²) in [5.41, 5.74) is 1.01. The molecule has 5 nitrogen and oxygen atoms in total. The van der Waals surface area contributed by atoms with E-state index in [9.17, 15) is 14.9 Å². The van der Waals surface area contributed by atoms with Crippen molar-refractivity contribution < 1.29 is 14.5 Å². The number of cyclic esters (lactones) is 1. The third-order valence-corrected chi connectivity index (χ3v) is 16.8. The average Bonchev–Trinajstić information content (AvgIpc) is 3.22. The first-order valence-electron chi connectivity index (χ1n) is 10.9. The summed E-state index contributed by atoms with van der Waals surface area (Å²) in [4.78, 5) is 25.1. The minimum atomic E-state index is -3.75. The van der Waals surface area contributed by atoms with E-state index in [0.717, 1.165) is 15.9 Å². The number of benzene rings is 3. The number of halogens is 1. The zero-order valence-corrected chi connectivity index (χ0v) is 20.3. The van der Waals surface area contributed by atoms with E-state index < -0.39 is 23.2 Å². The quantitative estimate of drug-likeness (QED) is 0.208. The van der Waals surface area contributed by atoms with E-state index in [1.165, 1.54) is 0 Å². The van der Waals surface area contributed by atoms with Crippen molar-refractivity contribution in [1.82, 2.24) is 0 Å². The van der Waals surface area contributed by atoms with Crippen LogP contribution in [0.2, 0.25) is 0 Å². The summed E-state index contributed by atoms with van der Waals surface area (Å²) in [5, 5.41) is 11.3. The number of hydrogen-bond donors (Lipinski definition) is 0. The molecule has 1 aliphatic heterocycles. The van der Waals surface area contributed by atoms with Crippen LogP contribution in [0.15, 0.2) is 102 Å². The molecule has 0 saturated carbocycles. The topological polar surface area (TPSA) is 69.4 Å².